The van der Waals surface area contributed by atoms with Gasteiger partial charge in [0, 0.05) is 49.6 Å². The van der Waals surface area contributed by atoms with Gasteiger partial charge in [0.05, 0.1) is 5.52 Å². The Bertz CT molecular complexity index is 671. The summed E-state index contributed by atoms with van der Waals surface area (Å²) in [6.45, 7) is 4.17. The summed E-state index contributed by atoms with van der Waals surface area (Å²) in [5.41, 5.74) is 1.87. The first-order valence-electron chi connectivity index (χ1n) is 6.46. The summed E-state index contributed by atoms with van der Waals surface area (Å²) in [5.74, 6) is -0.0457. The van der Waals surface area contributed by atoms with E-state index in [1.807, 2.05) is 18.3 Å². The molecule has 0 spiro atoms. The summed E-state index contributed by atoms with van der Waals surface area (Å²) in [5, 5.41) is 1.48. The van der Waals surface area contributed by atoms with Crippen molar-refractivity contribution in [2.75, 3.05) is 14.1 Å². The zero-order valence-corrected chi connectivity index (χ0v) is 12.8. The zero-order valence-electron chi connectivity index (χ0n) is 12.1. The molecule has 0 N–H and O–H groups in total. The Morgan fingerprint density at radius 3 is 2.75 bits per heavy atom. The minimum atomic E-state index is -0.0457. The lowest BCUT2D eigenvalue weighted by Crippen LogP contribution is -2.18. The Labute approximate surface area is 123 Å². The molecule has 2 heterocycles. The quantitative estimate of drug-likeness (QED) is 0.642. The van der Waals surface area contributed by atoms with Crippen LogP contribution >= 0.6 is 11.6 Å². The van der Waals surface area contributed by atoms with Gasteiger partial charge in [-0.1, -0.05) is 11.6 Å². The maximum Gasteiger partial charge on any atom is 0.246 e. The van der Waals surface area contributed by atoms with Crippen molar-refractivity contribution in [3.8, 4) is 0 Å². The monoisotopic (exact) mass is 291 g/mol. The normalized spacial score (nSPS) is 11.7. The Hall–Kier alpha value is -1.81. The molecule has 2 aromatic heterocycles. The van der Waals surface area contributed by atoms with E-state index in [0.717, 1.165) is 16.5 Å². The van der Waals surface area contributed by atoms with Gasteiger partial charge in [-0.3, -0.25) is 4.79 Å². The van der Waals surface area contributed by atoms with Gasteiger partial charge in [0.25, 0.3) is 0 Å². The summed E-state index contributed by atoms with van der Waals surface area (Å²) in [4.78, 5) is 17.3. The molecule has 0 atom stereocenters. The number of carbonyl (C=O) groups is 1. The maximum absolute atomic E-state index is 11.7. The highest BCUT2D eigenvalue weighted by molar-refractivity contribution is 6.34. The molecule has 0 radical (unpaired) electrons. The van der Waals surface area contributed by atoms with Crippen LogP contribution in [0.1, 0.15) is 25.5 Å². The minimum absolute atomic E-state index is 0.0457. The maximum atomic E-state index is 11.7. The van der Waals surface area contributed by atoms with Crippen LogP contribution in [0.2, 0.25) is 5.15 Å². The number of likely N-dealkylation sites (N-methyl/N-ethyl adjacent to an activating group) is 1. The topological polar surface area (TPSA) is 38.1 Å². The Morgan fingerprint density at radius 1 is 1.45 bits per heavy atom. The predicted molar refractivity (Wildman–Crippen MR) is 82.9 cm³/mol. The molecule has 2 aromatic rings. The number of carbonyl (C=O) groups excluding carboxylic acids is 1. The fraction of sp³-hybridized carbons (Fsp3) is 0.333. The molecule has 4 nitrogen and oxygen atoms in total. The van der Waals surface area contributed by atoms with E-state index in [-0.39, 0.29) is 11.9 Å². The molecular weight excluding hydrogens is 274 g/mol. The van der Waals surface area contributed by atoms with Crippen molar-refractivity contribution in [1.29, 1.82) is 0 Å². The Morgan fingerprint density at radius 2 is 2.15 bits per heavy atom. The van der Waals surface area contributed by atoms with Crippen molar-refractivity contribution >= 4 is 34.5 Å². The zero-order chi connectivity index (χ0) is 14.9. The van der Waals surface area contributed by atoms with Crippen LogP contribution in [0.15, 0.2) is 24.5 Å². The molecule has 0 fully saturated rings. The number of halogens is 1. The Kier molecular flexibility index (Phi) is 4.14. The summed E-state index contributed by atoms with van der Waals surface area (Å²) in [6.07, 6.45) is 7.07. The number of nitrogens with zero attached hydrogens (tertiary/aromatic N) is 3. The molecule has 2 rings (SSSR count). The van der Waals surface area contributed by atoms with E-state index in [9.17, 15) is 4.79 Å². The lowest BCUT2D eigenvalue weighted by Gasteiger charge is -2.09. The summed E-state index contributed by atoms with van der Waals surface area (Å²) >= 11 is 6.20. The number of hydrogen-bond acceptors (Lipinski definition) is 2. The van der Waals surface area contributed by atoms with Crippen LogP contribution in [0.5, 0.6) is 0 Å². The van der Waals surface area contributed by atoms with Gasteiger partial charge in [0.1, 0.15) is 0 Å². The molecule has 0 aromatic carbocycles. The molecule has 0 aliphatic heterocycles. The molecule has 0 bridgehead atoms. The standard InChI is InChI=1S/C15H18ClN3O/c1-10(2)19-9-11(5-6-13(20)18(3)4)12-7-8-17-15(16)14(12)19/h5-10H,1-4H3/b6-5+. The third kappa shape index (κ3) is 2.70. The highest BCUT2D eigenvalue weighted by Crippen LogP contribution is 2.29. The minimum Gasteiger partial charge on any atom is -0.345 e. The number of amides is 1. The second-order valence-electron chi connectivity index (χ2n) is 5.15. The van der Waals surface area contributed by atoms with E-state index in [4.69, 9.17) is 11.6 Å². The van der Waals surface area contributed by atoms with Crippen LogP contribution in [0.25, 0.3) is 17.0 Å². The average molecular weight is 292 g/mol. The van der Waals surface area contributed by atoms with Crippen LogP contribution in [0.3, 0.4) is 0 Å². The van der Waals surface area contributed by atoms with Crippen LogP contribution in [0.4, 0.5) is 0 Å². The van der Waals surface area contributed by atoms with Crippen molar-refractivity contribution in [2.45, 2.75) is 19.9 Å². The number of rotatable bonds is 3. The van der Waals surface area contributed by atoms with Crippen LogP contribution in [0, 0.1) is 0 Å². The number of fused-ring (bicyclic) bond motifs is 1. The van der Waals surface area contributed by atoms with Crippen LogP contribution in [-0.4, -0.2) is 34.5 Å². The lowest BCUT2D eigenvalue weighted by molar-refractivity contribution is -0.123. The van der Waals surface area contributed by atoms with E-state index in [1.54, 1.807) is 26.4 Å². The lowest BCUT2D eigenvalue weighted by atomic mass is 10.2. The van der Waals surface area contributed by atoms with E-state index in [0.29, 0.717) is 5.15 Å². The van der Waals surface area contributed by atoms with Crippen molar-refractivity contribution in [3.63, 3.8) is 0 Å². The van der Waals surface area contributed by atoms with Crippen LogP contribution in [-0.2, 0) is 4.79 Å². The molecule has 0 saturated heterocycles. The van der Waals surface area contributed by atoms with Crippen molar-refractivity contribution in [2.24, 2.45) is 0 Å². The van der Waals surface area contributed by atoms with Crippen molar-refractivity contribution in [3.05, 3.63) is 35.3 Å². The second-order valence-corrected chi connectivity index (χ2v) is 5.51. The summed E-state index contributed by atoms with van der Waals surface area (Å²) in [7, 11) is 3.45. The summed E-state index contributed by atoms with van der Waals surface area (Å²) < 4.78 is 2.07. The van der Waals surface area contributed by atoms with Gasteiger partial charge in [-0.05, 0) is 26.0 Å². The van der Waals surface area contributed by atoms with Gasteiger partial charge in [0.2, 0.25) is 5.91 Å². The molecule has 0 aliphatic carbocycles. The molecule has 0 unspecified atom stereocenters. The molecular formula is C15H18ClN3O. The van der Waals surface area contributed by atoms with Gasteiger partial charge < -0.3 is 9.47 Å². The van der Waals surface area contributed by atoms with E-state index in [2.05, 4.69) is 23.4 Å². The SMILES string of the molecule is CC(C)n1cc(/C=C/C(=O)N(C)C)c2ccnc(Cl)c21. The number of aromatic nitrogens is 2. The van der Waals surface area contributed by atoms with E-state index >= 15 is 0 Å². The van der Waals surface area contributed by atoms with Crippen molar-refractivity contribution < 1.29 is 4.79 Å². The first-order valence-corrected chi connectivity index (χ1v) is 6.84. The smallest absolute Gasteiger partial charge is 0.246 e. The first kappa shape index (κ1) is 14.6. The summed E-state index contributed by atoms with van der Waals surface area (Å²) in [6, 6.07) is 2.19. The highest BCUT2D eigenvalue weighted by atomic mass is 35.5. The second kappa shape index (κ2) is 5.67. The number of pyridine rings is 1. The molecule has 5 heteroatoms. The highest BCUT2D eigenvalue weighted by Gasteiger charge is 2.12. The average Bonchev–Trinajstić information content (AvgIpc) is 2.76. The molecule has 106 valence electrons. The molecule has 1 amide bonds. The predicted octanol–water partition coefficient (Wildman–Crippen LogP) is 3.37. The largest absolute Gasteiger partial charge is 0.345 e. The molecule has 0 saturated carbocycles. The number of hydrogen-bond donors (Lipinski definition) is 0. The van der Waals surface area contributed by atoms with Gasteiger partial charge in [-0.15, -0.1) is 0 Å². The molecule has 0 aliphatic rings. The van der Waals surface area contributed by atoms with Gasteiger partial charge in [-0.25, -0.2) is 4.98 Å². The van der Waals surface area contributed by atoms with Crippen LogP contribution < -0.4 is 0 Å². The van der Waals surface area contributed by atoms with Gasteiger partial charge in [0.15, 0.2) is 5.15 Å². The van der Waals surface area contributed by atoms with Crippen molar-refractivity contribution in [1.82, 2.24) is 14.5 Å². The molecule has 20 heavy (non-hydrogen) atoms. The van der Waals surface area contributed by atoms with Gasteiger partial charge >= 0.3 is 0 Å². The fourth-order valence-corrected chi connectivity index (χ4v) is 2.30. The fourth-order valence-electron chi connectivity index (χ4n) is 2.04. The van der Waals surface area contributed by atoms with Gasteiger partial charge in [-0.2, -0.15) is 0 Å². The third-order valence-electron chi connectivity index (χ3n) is 3.13. The van der Waals surface area contributed by atoms with E-state index in [1.165, 1.54) is 4.90 Å². The van der Waals surface area contributed by atoms with E-state index < -0.39 is 0 Å². The third-order valence-corrected chi connectivity index (χ3v) is 3.41. The Balaban J connectivity index is 2.55. The first-order chi connectivity index (χ1) is 9.41.